The Labute approximate surface area is 151 Å². The Morgan fingerprint density at radius 2 is 2.04 bits per heavy atom. The number of piperidine rings is 1. The molecule has 136 valence electrons. The predicted molar refractivity (Wildman–Crippen MR) is 96.6 cm³/mol. The summed E-state index contributed by atoms with van der Waals surface area (Å²) in [7, 11) is 0. The number of benzene rings is 1. The van der Waals surface area contributed by atoms with Crippen molar-refractivity contribution < 1.29 is 14.7 Å². The van der Waals surface area contributed by atoms with Gasteiger partial charge in [0.25, 0.3) is 0 Å². The lowest BCUT2D eigenvalue weighted by Gasteiger charge is -2.38. The Bertz CT molecular complexity index is 899. The SMILES string of the molecule is O=C(O)C1CC2(CC2)CNC1C(=O)N1CCc2c([nH]c3ccccc23)C1. The number of nitrogens with one attached hydrogen (secondary N) is 2. The number of rotatable bonds is 2. The molecule has 2 fully saturated rings. The van der Waals surface area contributed by atoms with Crippen molar-refractivity contribution >= 4 is 22.8 Å². The molecule has 3 N–H and O–H groups in total. The van der Waals surface area contributed by atoms with Gasteiger partial charge in [0, 0.05) is 29.7 Å². The number of fused-ring (bicyclic) bond motifs is 3. The van der Waals surface area contributed by atoms with Crippen LogP contribution in [0.1, 0.15) is 30.5 Å². The van der Waals surface area contributed by atoms with E-state index in [4.69, 9.17) is 0 Å². The van der Waals surface area contributed by atoms with Gasteiger partial charge in [0.05, 0.1) is 12.5 Å². The summed E-state index contributed by atoms with van der Waals surface area (Å²) >= 11 is 0. The number of hydrogen-bond donors (Lipinski definition) is 3. The Kier molecular flexibility index (Phi) is 3.41. The number of H-pyrrole nitrogens is 1. The highest BCUT2D eigenvalue weighted by Crippen LogP contribution is 2.52. The molecular formula is C20H23N3O3. The van der Waals surface area contributed by atoms with E-state index in [0.717, 1.165) is 37.0 Å². The van der Waals surface area contributed by atoms with Gasteiger partial charge in [-0.25, -0.2) is 0 Å². The summed E-state index contributed by atoms with van der Waals surface area (Å²) in [5.74, 6) is -1.55. The first-order valence-corrected chi connectivity index (χ1v) is 9.40. The summed E-state index contributed by atoms with van der Waals surface area (Å²) in [5, 5.41) is 14.1. The molecule has 6 heteroatoms. The highest BCUT2D eigenvalue weighted by atomic mass is 16.4. The maximum absolute atomic E-state index is 13.1. The number of carboxylic acid groups (broad SMARTS) is 1. The minimum Gasteiger partial charge on any atom is -0.481 e. The van der Waals surface area contributed by atoms with Crippen molar-refractivity contribution in [2.45, 2.75) is 38.3 Å². The fraction of sp³-hybridized carbons (Fsp3) is 0.500. The van der Waals surface area contributed by atoms with Crippen LogP contribution < -0.4 is 5.32 Å². The number of nitrogens with zero attached hydrogens (tertiary/aromatic N) is 1. The highest BCUT2D eigenvalue weighted by Gasteiger charge is 2.53. The molecule has 1 amide bonds. The number of carbonyl (C=O) groups is 2. The maximum atomic E-state index is 13.1. The number of aliphatic carboxylic acids is 1. The van der Waals surface area contributed by atoms with Crippen molar-refractivity contribution in [3.63, 3.8) is 0 Å². The Balaban J connectivity index is 1.38. The smallest absolute Gasteiger partial charge is 0.308 e. The maximum Gasteiger partial charge on any atom is 0.308 e. The van der Waals surface area contributed by atoms with E-state index >= 15 is 0 Å². The molecule has 26 heavy (non-hydrogen) atoms. The van der Waals surface area contributed by atoms with Gasteiger partial charge >= 0.3 is 5.97 Å². The fourth-order valence-corrected chi connectivity index (χ4v) is 4.75. The average molecular weight is 353 g/mol. The van der Waals surface area contributed by atoms with Crippen LogP contribution in [0.25, 0.3) is 10.9 Å². The molecule has 2 aromatic rings. The van der Waals surface area contributed by atoms with Crippen LogP contribution >= 0.6 is 0 Å². The Morgan fingerprint density at radius 1 is 1.23 bits per heavy atom. The molecule has 1 aromatic heterocycles. The van der Waals surface area contributed by atoms with E-state index in [2.05, 4.69) is 22.4 Å². The van der Waals surface area contributed by atoms with Gasteiger partial charge in [0.15, 0.2) is 0 Å². The molecule has 2 atom stereocenters. The monoisotopic (exact) mass is 353 g/mol. The Hall–Kier alpha value is -2.34. The molecule has 1 aliphatic carbocycles. The van der Waals surface area contributed by atoms with E-state index in [9.17, 15) is 14.7 Å². The molecule has 1 spiro atoms. The normalized spacial score (nSPS) is 26.7. The van der Waals surface area contributed by atoms with E-state index in [0.29, 0.717) is 19.5 Å². The van der Waals surface area contributed by atoms with Crippen LogP contribution in [0.2, 0.25) is 0 Å². The molecule has 2 unspecified atom stereocenters. The zero-order valence-corrected chi connectivity index (χ0v) is 14.6. The molecule has 2 aliphatic heterocycles. The second-order valence-electron chi connectivity index (χ2n) is 8.14. The molecule has 0 bridgehead atoms. The summed E-state index contributed by atoms with van der Waals surface area (Å²) in [5.41, 5.74) is 3.59. The molecule has 1 saturated heterocycles. The molecule has 6 nitrogen and oxygen atoms in total. The van der Waals surface area contributed by atoms with Gasteiger partial charge in [-0.05, 0) is 42.7 Å². The molecule has 3 heterocycles. The lowest BCUT2D eigenvalue weighted by Crippen LogP contribution is -2.57. The summed E-state index contributed by atoms with van der Waals surface area (Å²) in [4.78, 5) is 30.1. The van der Waals surface area contributed by atoms with Crippen molar-refractivity contribution in [3.05, 3.63) is 35.5 Å². The van der Waals surface area contributed by atoms with E-state index in [1.807, 2.05) is 17.0 Å². The molecule has 1 aromatic carbocycles. The van der Waals surface area contributed by atoms with Crippen LogP contribution in [0, 0.1) is 11.3 Å². The van der Waals surface area contributed by atoms with Gasteiger partial charge in [0.1, 0.15) is 6.04 Å². The molecule has 0 radical (unpaired) electrons. The Morgan fingerprint density at radius 3 is 2.81 bits per heavy atom. The third-order valence-corrected chi connectivity index (χ3v) is 6.49. The third kappa shape index (κ3) is 2.43. The van der Waals surface area contributed by atoms with Gasteiger partial charge in [-0.15, -0.1) is 0 Å². The van der Waals surface area contributed by atoms with Crippen molar-refractivity contribution in [3.8, 4) is 0 Å². The van der Waals surface area contributed by atoms with Crippen molar-refractivity contribution in [2.24, 2.45) is 11.3 Å². The first-order chi connectivity index (χ1) is 12.6. The topological polar surface area (TPSA) is 85.4 Å². The van der Waals surface area contributed by atoms with Crippen LogP contribution in [0.3, 0.4) is 0 Å². The van der Waals surface area contributed by atoms with Crippen molar-refractivity contribution in [2.75, 3.05) is 13.1 Å². The molecule has 1 saturated carbocycles. The van der Waals surface area contributed by atoms with Crippen LogP contribution in [0.15, 0.2) is 24.3 Å². The fourth-order valence-electron chi connectivity index (χ4n) is 4.75. The largest absolute Gasteiger partial charge is 0.481 e. The average Bonchev–Trinajstić information content (AvgIpc) is 3.29. The van der Waals surface area contributed by atoms with Gasteiger partial charge < -0.3 is 20.3 Å². The van der Waals surface area contributed by atoms with E-state index in [1.165, 1.54) is 10.9 Å². The molecule has 5 rings (SSSR count). The summed E-state index contributed by atoms with van der Waals surface area (Å²) < 4.78 is 0. The zero-order chi connectivity index (χ0) is 17.9. The second-order valence-corrected chi connectivity index (χ2v) is 8.14. The number of para-hydroxylation sites is 1. The van der Waals surface area contributed by atoms with Crippen LogP contribution in [-0.4, -0.2) is 46.0 Å². The van der Waals surface area contributed by atoms with E-state index < -0.39 is 17.9 Å². The summed E-state index contributed by atoms with van der Waals surface area (Å²) in [6, 6.07) is 7.60. The summed E-state index contributed by atoms with van der Waals surface area (Å²) in [6.07, 6.45) is 3.58. The lowest BCUT2D eigenvalue weighted by atomic mass is 9.81. The van der Waals surface area contributed by atoms with Gasteiger partial charge in [-0.3, -0.25) is 9.59 Å². The molecular weight excluding hydrogens is 330 g/mol. The number of carboxylic acids is 1. The van der Waals surface area contributed by atoms with Crippen molar-refractivity contribution in [1.29, 1.82) is 0 Å². The van der Waals surface area contributed by atoms with Gasteiger partial charge in [0.2, 0.25) is 5.91 Å². The predicted octanol–water partition coefficient (Wildman–Crippen LogP) is 1.90. The van der Waals surface area contributed by atoms with Gasteiger partial charge in [-0.1, -0.05) is 18.2 Å². The number of hydrogen-bond acceptors (Lipinski definition) is 3. The number of amides is 1. The summed E-state index contributed by atoms with van der Waals surface area (Å²) in [6.45, 7) is 1.93. The number of carbonyl (C=O) groups excluding carboxylic acids is 1. The second kappa shape index (κ2) is 5.58. The number of aromatic amines is 1. The zero-order valence-electron chi connectivity index (χ0n) is 14.6. The quantitative estimate of drug-likeness (QED) is 0.770. The minimum absolute atomic E-state index is 0.0720. The van der Waals surface area contributed by atoms with E-state index in [-0.39, 0.29) is 11.3 Å². The van der Waals surface area contributed by atoms with Crippen LogP contribution in [0.5, 0.6) is 0 Å². The van der Waals surface area contributed by atoms with Gasteiger partial charge in [-0.2, -0.15) is 0 Å². The highest BCUT2D eigenvalue weighted by molar-refractivity contribution is 5.89. The van der Waals surface area contributed by atoms with Crippen molar-refractivity contribution in [1.82, 2.24) is 15.2 Å². The number of aromatic nitrogens is 1. The van der Waals surface area contributed by atoms with Crippen LogP contribution in [-0.2, 0) is 22.6 Å². The lowest BCUT2D eigenvalue weighted by molar-refractivity contribution is -0.151. The first kappa shape index (κ1) is 15.9. The first-order valence-electron chi connectivity index (χ1n) is 9.40. The van der Waals surface area contributed by atoms with E-state index in [1.54, 1.807) is 0 Å². The minimum atomic E-state index is -0.856. The van der Waals surface area contributed by atoms with Crippen LogP contribution in [0.4, 0.5) is 0 Å². The molecule has 3 aliphatic rings. The third-order valence-electron chi connectivity index (χ3n) is 6.49. The standard InChI is InChI=1S/C20H23N3O3/c24-18(17-14(19(25)26)9-20(6-7-20)11-21-17)23-8-5-13-12-3-1-2-4-15(12)22-16(13)10-23/h1-4,14,17,21-22H,5-11H2,(H,25,26).